The molecule has 0 aliphatic carbocycles. The summed E-state index contributed by atoms with van der Waals surface area (Å²) in [5, 5.41) is 4.94. The average molecular weight is 432 g/mol. The van der Waals surface area contributed by atoms with Crippen LogP contribution in [0.25, 0.3) is 22.4 Å². The highest BCUT2D eigenvalue weighted by molar-refractivity contribution is 7.90. The van der Waals surface area contributed by atoms with Crippen LogP contribution in [0.1, 0.15) is 20.8 Å². The third-order valence-corrected chi connectivity index (χ3v) is 5.29. The van der Waals surface area contributed by atoms with Crippen molar-refractivity contribution in [3.63, 3.8) is 0 Å². The Labute approximate surface area is 175 Å². The molecule has 1 aromatic heterocycles. The molecule has 0 atom stereocenters. The topological polar surface area (TPSA) is 78.3 Å². The minimum absolute atomic E-state index is 0.199. The maximum atomic E-state index is 12.5. The number of hydrogen-bond donors (Lipinski definition) is 0. The molecule has 0 saturated carbocycles. The van der Waals surface area contributed by atoms with E-state index < -0.39 is 21.5 Å². The molecule has 0 spiro atoms. The number of aromatic nitrogens is 2. The lowest BCUT2D eigenvalue weighted by atomic mass is 10.0. The van der Waals surface area contributed by atoms with Crippen LogP contribution in [0.4, 0.5) is 4.79 Å². The number of hydrogen-bond acceptors (Lipinski definition) is 5. The summed E-state index contributed by atoms with van der Waals surface area (Å²) in [5.74, 6) is 0. The third-order valence-electron chi connectivity index (χ3n) is 3.91. The van der Waals surface area contributed by atoms with Crippen molar-refractivity contribution in [2.45, 2.75) is 31.3 Å². The Kier molecular flexibility index (Phi) is 5.56. The van der Waals surface area contributed by atoms with Gasteiger partial charge < -0.3 is 4.74 Å². The zero-order valence-electron chi connectivity index (χ0n) is 16.4. The lowest BCUT2D eigenvalue weighted by molar-refractivity contribution is 0.0513. The Morgan fingerprint density at radius 1 is 1.03 bits per heavy atom. The monoisotopic (exact) mass is 431 g/mol. The van der Waals surface area contributed by atoms with E-state index in [1.165, 1.54) is 12.1 Å². The summed E-state index contributed by atoms with van der Waals surface area (Å²) in [4.78, 5) is 12.7. The van der Waals surface area contributed by atoms with Gasteiger partial charge in [-0.05, 0) is 50.6 Å². The molecule has 0 unspecified atom stereocenters. The van der Waals surface area contributed by atoms with Gasteiger partial charge in [-0.25, -0.2) is 13.2 Å². The molecule has 29 heavy (non-hydrogen) atoms. The normalized spacial score (nSPS) is 12.0. The first-order chi connectivity index (χ1) is 13.4. The van der Waals surface area contributed by atoms with Crippen LogP contribution in [0.2, 0.25) is 5.02 Å². The van der Waals surface area contributed by atoms with Crippen LogP contribution in [0.3, 0.4) is 0 Å². The van der Waals surface area contributed by atoms with Crippen molar-refractivity contribution >= 4 is 27.5 Å². The van der Waals surface area contributed by atoms with Crippen molar-refractivity contribution in [1.82, 2.24) is 9.78 Å². The number of ether oxygens (including phenoxy) is 1. The summed E-state index contributed by atoms with van der Waals surface area (Å²) < 4.78 is 29.9. The zero-order valence-corrected chi connectivity index (χ0v) is 18.0. The van der Waals surface area contributed by atoms with Crippen LogP contribution in [0.5, 0.6) is 0 Å². The van der Waals surface area contributed by atoms with Crippen molar-refractivity contribution in [2.24, 2.45) is 0 Å². The molecule has 0 fully saturated rings. The lowest BCUT2D eigenvalue weighted by Gasteiger charge is -2.18. The number of nitrogens with zero attached hydrogens (tertiary/aromatic N) is 2. The second-order valence-corrected chi connectivity index (χ2v) is 9.98. The van der Waals surface area contributed by atoms with Gasteiger partial charge >= 0.3 is 6.09 Å². The summed E-state index contributed by atoms with van der Waals surface area (Å²) in [6.07, 6.45) is 3.44. The highest BCUT2D eigenvalue weighted by Crippen LogP contribution is 2.32. The standard InChI is InChI=1S/C21H20ClN2O4S/c1-21(2,3)28-20(25)24-13-18(14-5-9-16(22)10-6-14)19(23-24)15-7-11-17(12-8-15)29(4,26)27/h5-12H,1-4H3. The Morgan fingerprint density at radius 2 is 1.59 bits per heavy atom. The predicted octanol–water partition coefficient (Wildman–Crippen LogP) is 4.86. The van der Waals surface area contributed by atoms with Crippen LogP contribution in [0, 0.1) is 6.20 Å². The fraction of sp³-hybridized carbons (Fsp3) is 0.238. The maximum absolute atomic E-state index is 12.5. The van der Waals surface area contributed by atoms with Crippen LogP contribution in [-0.2, 0) is 14.6 Å². The minimum Gasteiger partial charge on any atom is -0.442 e. The van der Waals surface area contributed by atoms with Gasteiger partial charge in [0, 0.05) is 22.4 Å². The summed E-state index contributed by atoms with van der Waals surface area (Å²) in [5.41, 5.74) is 1.75. The second-order valence-electron chi connectivity index (χ2n) is 7.53. The second kappa shape index (κ2) is 7.65. The summed E-state index contributed by atoms with van der Waals surface area (Å²) >= 11 is 5.98. The molecule has 3 aromatic rings. The highest BCUT2D eigenvalue weighted by atomic mass is 35.5. The fourth-order valence-corrected chi connectivity index (χ4v) is 3.36. The van der Waals surface area contributed by atoms with E-state index in [2.05, 4.69) is 11.3 Å². The van der Waals surface area contributed by atoms with E-state index in [1.807, 2.05) is 0 Å². The number of rotatable bonds is 3. The van der Waals surface area contributed by atoms with Gasteiger partial charge in [-0.15, -0.1) is 0 Å². The van der Waals surface area contributed by atoms with Crippen LogP contribution in [-0.4, -0.2) is 36.1 Å². The summed E-state index contributed by atoms with van der Waals surface area (Å²) in [6, 6.07) is 13.3. The van der Waals surface area contributed by atoms with Gasteiger partial charge in [0.2, 0.25) is 0 Å². The quantitative estimate of drug-likeness (QED) is 0.591. The molecular weight excluding hydrogens is 412 g/mol. The molecule has 0 bridgehead atoms. The average Bonchev–Trinajstić information content (AvgIpc) is 3.06. The van der Waals surface area contributed by atoms with Crippen LogP contribution >= 0.6 is 11.6 Å². The molecule has 6 nitrogen and oxygen atoms in total. The van der Waals surface area contributed by atoms with E-state index in [9.17, 15) is 13.2 Å². The Hall–Kier alpha value is -2.64. The molecule has 2 aromatic carbocycles. The van der Waals surface area contributed by atoms with Gasteiger partial charge in [0.15, 0.2) is 9.84 Å². The number of carbonyl (C=O) groups excluding carboxylic acids is 1. The van der Waals surface area contributed by atoms with Crippen molar-refractivity contribution in [2.75, 3.05) is 6.26 Å². The van der Waals surface area contributed by atoms with Gasteiger partial charge in [-0.1, -0.05) is 35.9 Å². The first kappa shape index (κ1) is 21.1. The third kappa shape index (κ3) is 5.05. The van der Waals surface area contributed by atoms with Gasteiger partial charge in [-0.3, -0.25) is 0 Å². The van der Waals surface area contributed by atoms with Crippen LogP contribution < -0.4 is 0 Å². The lowest BCUT2D eigenvalue weighted by Crippen LogP contribution is -2.27. The maximum Gasteiger partial charge on any atom is 0.435 e. The molecule has 1 radical (unpaired) electrons. The molecule has 1 heterocycles. The molecule has 0 N–H and O–H groups in total. The summed E-state index contributed by atoms with van der Waals surface area (Å²) in [6.45, 7) is 5.29. The van der Waals surface area contributed by atoms with E-state index >= 15 is 0 Å². The molecule has 151 valence electrons. The Bertz CT molecular complexity index is 1140. The minimum atomic E-state index is -3.32. The highest BCUT2D eigenvalue weighted by Gasteiger charge is 2.22. The molecule has 0 aliphatic rings. The smallest absolute Gasteiger partial charge is 0.435 e. The van der Waals surface area contributed by atoms with Gasteiger partial charge in [0.1, 0.15) is 17.5 Å². The summed E-state index contributed by atoms with van der Waals surface area (Å²) in [7, 11) is -3.32. The zero-order chi connectivity index (χ0) is 21.4. The van der Waals surface area contributed by atoms with Crippen molar-refractivity contribution < 1.29 is 17.9 Å². The van der Waals surface area contributed by atoms with E-state index in [-0.39, 0.29) is 4.90 Å². The van der Waals surface area contributed by atoms with Crippen molar-refractivity contribution in [3.8, 4) is 22.4 Å². The first-order valence-corrected chi connectivity index (χ1v) is 11.0. The van der Waals surface area contributed by atoms with Crippen molar-refractivity contribution in [3.05, 3.63) is 59.8 Å². The predicted molar refractivity (Wildman–Crippen MR) is 112 cm³/mol. The molecular formula is C21H20ClN2O4S. The van der Waals surface area contributed by atoms with Crippen LogP contribution in [0.15, 0.2) is 53.4 Å². The Balaban J connectivity index is 2.11. The molecule has 8 heteroatoms. The first-order valence-electron chi connectivity index (χ1n) is 8.76. The van der Waals surface area contributed by atoms with E-state index in [0.717, 1.165) is 16.5 Å². The number of halogens is 1. The largest absolute Gasteiger partial charge is 0.442 e. The molecule has 0 aliphatic heterocycles. The van der Waals surface area contributed by atoms with E-state index in [1.54, 1.807) is 57.2 Å². The number of sulfone groups is 1. The van der Waals surface area contributed by atoms with Gasteiger partial charge in [0.25, 0.3) is 0 Å². The molecule has 3 rings (SSSR count). The SMILES string of the molecule is CC(C)(C)OC(=O)n1[c]c(-c2ccc(Cl)cc2)c(-c2ccc(S(C)(=O)=O)cc2)n1. The van der Waals surface area contributed by atoms with Crippen molar-refractivity contribution in [1.29, 1.82) is 0 Å². The fourth-order valence-electron chi connectivity index (χ4n) is 2.61. The van der Waals surface area contributed by atoms with E-state index in [0.29, 0.717) is 21.8 Å². The van der Waals surface area contributed by atoms with E-state index in [4.69, 9.17) is 16.3 Å². The molecule has 0 amide bonds. The molecule has 0 saturated heterocycles. The number of carbonyl (C=O) groups is 1. The van der Waals surface area contributed by atoms with Gasteiger partial charge in [-0.2, -0.15) is 9.78 Å². The Morgan fingerprint density at radius 3 is 2.10 bits per heavy atom. The number of benzene rings is 2. The van der Waals surface area contributed by atoms with Gasteiger partial charge in [0.05, 0.1) is 4.90 Å².